The first-order chi connectivity index (χ1) is 9.70. The van der Waals surface area contributed by atoms with E-state index in [1.807, 2.05) is 11.8 Å². The minimum Gasteiger partial charge on any atom is -0.372 e. The van der Waals surface area contributed by atoms with Gasteiger partial charge in [-0.1, -0.05) is 24.3 Å². The molecule has 0 aliphatic carbocycles. The largest absolute Gasteiger partial charge is 0.372 e. The zero-order valence-corrected chi connectivity index (χ0v) is 12.5. The smallest absolute Gasteiger partial charge is 0.248 e. The lowest BCUT2D eigenvalue weighted by atomic mass is 10.1. The van der Waals surface area contributed by atoms with E-state index in [2.05, 4.69) is 36.1 Å². The van der Waals surface area contributed by atoms with Crippen LogP contribution in [0.5, 0.6) is 0 Å². The highest BCUT2D eigenvalue weighted by atomic mass is 16.5. The van der Waals surface area contributed by atoms with Crippen LogP contribution in [0.15, 0.2) is 24.3 Å². The van der Waals surface area contributed by atoms with Gasteiger partial charge in [-0.25, -0.2) is 0 Å². The van der Waals surface area contributed by atoms with Crippen molar-refractivity contribution in [2.24, 2.45) is 0 Å². The summed E-state index contributed by atoms with van der Waals surface area (Å²) in [6, 6.07) is 8.49. The Bertz CT molecular complexity index is 440. The number of carbonyl (C=O) groups is 1. The zero-order chi connectivity index (χ0) is 14.4. The Hall–Kier alpha value is -1.39. The van der Waals surface area contributed by atoms with E-state index in [1.54, 1.807) is 0 Å². The van der Waals surface area contributed by atoms with E-state index < -0.39 is 0 Å². The van der Waals surface area contributed by atoms with Gasteiger partial charge in [-0.2, -0.15) is 0 Å². The fourth-order valence-corrected chi connectivity index (χ4v) is 2.46. The van der Waals surface area contributed by atoms with E-state index in [4.69, 9.17) is 4.74 Å². The second-order valence-electron chi connectivity index (χ2n) is 5.22. The Kier molecular flexibility index (Phi) is 5.56. The summed E-state index contributed by atoms with van der Waals surface area (Å²) in [7, 11) is 0. The molecule has 0 unspecified atom stereocenters. The summed E-state index contributed by atoms with van der Waals surface area (Å²) in [4.78, 5) is 16.2. The van der Waals surface area contributed by atoms with Crippen LogP contribution in [0.4, 0.5) is 0 Å². The standard InChI is InChI=1S/C16H24N2O2/c1-3-20-13-16(19)18-10-8-17(9-11-18)12-15-7-5-4-6-14(15)2/h4-7H,3,8-13H2,1-2H3. The molecule has 1 heterocycles. The SMILES string of the molecule is CCOCC(=O)N1CCN(Cc2ccccc2C)CC1. The summed E-state index contributed by atoms with van der Waals surface area (Å²) in [5, 5.41) is 0. The molecule has 4 nitrogen and oxygen atoms in total. The van der Waals surface area contributed by atoms with Crippen molar-refractivity contribution in [3.63, 3.8) is 0 Å². The number of rotatable bonds is 5. The molecule has 0 aromatic heterocycles. The molecule has 1 fully saturated rings. The first kappa shape index (κ1) is 15.0. The minimum absolute atomic E-state index is 0.113. The Morgan fingerprint density at radius 2 is 1.90 bits per heavy atom. The van der Waals surface area contributed by atoms with Gasteiger partial charge in [0.15, 0.2) is 0 Å². The normalized spacial score (nSPS) is 16.4. The number of piperazine rings is 1. The van der Waals surface area contributed by atoms with E-state index in [0.717, 1.165) is 32.7 Å². The van der Waals surface area contributed by atoms with Gasteiger partial charge in [0.2, 0.25) is 5.91 Å². The highest BCUT2D eigenvalue weighted by Crippen LogP contribution is 2.12. The van der Waals surface area contributed by atoms with Crippen LogP contribution < -0.4 is 0 Å². The van der Waals surface area contributed by atoms with Gasteiger partial charge in [-0.3, -0.25) is 9.69 Å². The maximum absolute atomic E-state index is 11.9. The van der Waals surface area contributed by atoms with Crippen molar-refractivity contribution in [3.8, 4) is 0 Å². The van der Waals surface area contributed by atoms with Gasteiger partial charge in [-0.15, -0.1) is 0 Å². The fourth-order valence-electron chi connectivity index (χ4n) is 2.46. The molecular weight excluding hydrogens is 252 g/mol. The third kappa shape index (κ3) is 4.05. The third-order valence-electron chi connectivity index (χ3n) is 3.81. The molecule has 0 saturated carbocycles. The third-order valence-corrected chi connectivity index (χ3v) is 3.81. The van der Waals surface area contributed by atoms with Crippen molar-refractivity contribution in [1.29, 1.82) is 0 Å². The molecule has 20 heavy (non-hydrogen) atoms. The number of carbonyl (C=O) groups excluding carboxylic acids is 1. The Balaban J connectivity index is 1.80. The molecule has 1 aliphatic rings. The van der Waals surface area contributed by atoms with E-state index in [9.17, 15) is 4.79 Å². The number of nitrogens with zero attached hydrogens (tertiary/aromatic N) is 2. The molecule has 0 bridgehead atoms. The van der Waals surface area contributed by atoms with Crippen LogP contribution in [-0.2, 0) is 16.1 Å². The summed E-state index contributed by atoms with van der Waals surface area (Å²) < 4.78 is 5.18. The quantitative estimate of drug-likeness (QED) is 0.820. The van der Waals surface area contributed by atoms with Crippen molar-refractivity contribution < 1.29 is 9.53 Å². The average Bonchev–Trinajstić information content (AvgIpc) is 2.48. The van der Waals surface area contributed by atoms with Crippen molar-refractivity contribution in [2.75, 3.05) is 39.4 Å². The summed E-state index contributed by atoms with van der Waals surface area (Å²) in [6.07, 6.45) is 0. The van der Waals surface area contributed by atoms with Crippen molar-refractivity contribution >= 4 is 5.91 Å². The number of amides is 1. The Morgan fingerprint density at radius 3 is 2.55 bits per heavy atom. The minimum atomic E-state index is 0.113. The second-order valence-corrected chi connectivity index (χ2v) is 5.22. The number of aryl methyl sites for hydroxylation is 1. The highest BCUT2D eigenvalue weighted by molar-refractivity contribution is 5.77. The molecule has 0 N–H and O–H groups in total. The molecule has 1 saturated heterocycles. The number of benzene rings is 1. The Morgan fingerprint density at radius 1 is 1.20 bits per heavy atom. The van der Waals surface area contributed by atoms with Crippen LogP contribution in [0.1, 0.15) is 18.1 Å². The fraction of sp³-hybridized carbons (Fsp3) is 0.562. The zero-order valence-electron chi connectivity index (χ0n) is 12.5. The lowest BCUT2D eigenvalue weighted by molar-refractivity contribution is -0.137. The second kappa shape index (κ2) is 7.41. The van der Waals surface area contributed by atoms with E-state index in [0.29, 0.717) is 6.61 Å². The highest BCUT2D eigenvalue weighted by Gasteiger charge is 2.21. The van der Waals surface area contributed by atoms with Gasteiger partial charge in [0.25, 0.3) is 0 Å². The molecule has 1 amide bonds. The van der Waals surface area contributed by atoms with Crippen LogP contribution in [0.25, 0.3) is 0 Å². The number of ether oxygens (including phenoxy) is 1. The van der Waals surface area contributed by atoms with Crippen molar-refractivity contribution in [3.05, 3.63) is 35.4 Å². The molecule has 1 aromatic rings. The van der Waals surface area contributed by atoms with E-state index in [1.165, 1.54) is 11.1 Å². The molecule has 0 spiro atoms. The van der Waals surface area contributed by atoms with Crippen LogP contribution >= 0.6 is 0 Å². The van der Waals surface area contributed by atoms with Crippen LogP contribution in [-0.4, -0.2) is 55.1 Å². The predicted octanol–water partition coefficient (Wildman–Crippen LogP) is 1.68. The van der Waals surface area contributed by atoms with Crippen LogP contribution in [0, 0.1) is 6.92 Å². The molecular formula is C16H24N2O2. The maximum Gasteiger partial charge on any atom is 0.248 e. The summed E-state index contributed by atoms with van der Waals surface area (Å²) >= 11 is 0. The first-order valence-electron chi connectivity index (χ1n) is 7.33. The lowest BCUT2D eigenvalue weighted by Crippen LogP contribution is -2.49. The Labute approximate surface area is 121 Å². The molecule has 1 aliphatic heterocycles. The molecule has 4 heteroatoms. The van der Waals surface area contributed by atoms with Crippen LogP contribution in [0.3, 0.4) is 0 Å². The summed E-state index contributed by atoms with van der Waals surface area (Å²) in [5.41, 5.74) is 2.71. The van der Waals surface area contributed by atoms with E-state index in [-0.39, 0.29) is 12.5 Å². The van der Waals surface area contributed by atoms with Gasteiger partial charge in [0.05, 0.1) is 0 Å². The summed E-state index contributed by atoms with van der Waals surface area (Å²) in [6.45, 7) is 9.33. The average molecular weight is 276 g/mol. The predicted molar refractivity (Wildman–Crippen MR) is 79.5 cm³/mol. The van der Waals surface area contributed by atoms with Crippen molar-refractivity contribution in [1.82, 2.24) is 9.80 Å². The van der Waals surface area contributed by atoms with Gasteiger partial charge < -0.3 is 9.64 Å². The lowest BCUT2D eigenvalue weighted by Gasteiger charge is -2.35. The number of hydrogen-bond acceptors (Lipinski definition) is 3. The molecule has 110 valence electrons. The van der Waals surface area contributed by atoms with Crippen molar-refractivity contribution in [2.45, 2.75) is 20.4 Å². The first-order valence-corrected chi connectivity index (χ1v) is 7.33. The summed E-state index contributed by atoms with van der Waals surface area (Å²) in [5.74, 6) is 0.113. The molecule has 2 rings (SSSR count). The topological polar surface area (TPSA) is 32.8 Å². The molecule has 1 aromatic carbocycles. The maximum atomic E-state index is 11.9. The monoisotopic (exact) mass is 276 g/mol. The van der Waals surface area contributed by atoms with Crippen LogP contribution in [0.2, 0.25) is 0 Å². The van der Waals surface area contributed by atoms with Gasteiger partial charge in [0, 0.05) is 39.3 Å². The van der Waals surface area contributed by atoms with Gasteiger partial charge in [-0.05, 0) is 25.0 Å². The van der Waals surface area contributed by atoms with E-state index >= 15 is 0 Å². The van der Waals surface area contributed by atoms with Gasteiger partial charge >= 0.3 is 0 Å². The molecule has 0 radical (unpaired) electrons. The molecule has 0 atom stereocenters. The number of hydrogen-bond donors (Lipinski definition) is 0. The van der Waals surface area contributed by atoms with Gasteiger partial charge in [0.1, 0.15) is 6.61 Å².